The number of nitrogens with one attached hydrogen (secondary N) is 2. The van der Waals surface area contributed by atoms with Crippen LogP contribution in [-0.4, -0.2) is 47.6 Å². The zero-order valence-corrected chi connectivity index (χ0v) is 14.6. The van der Waals surface area contributed by atoms with Crippen LogP contribution < -0.4 is 10.6 Å². The van der Waals surface area contributed by atoms with Gasteiger partial charge in [0, 0.05) is 25.6 Å². The fourth-order valence-corrected chi connectivity index (χ4v) is 3.23. The first kappa shape index (κ1) is 18.2. The number of likely N-dealkylation sites (N-methyl/N-ethyl adjacent to an activating group) is 1. The zero-order valence-electron chi connectivity index (χ0n) is 13.7. The quantitative estimate of drug-likeness (QED) is 0.860. The molecule has 0 spiro atoms. The fraction of sp³-hybridized carbons (Fsp3) is 0.800. The van der Waals surface area contributed by atoms with Crippen LogP contribution in [0.3, 0.4) is 0 Å². The standard InChI is InChI=1S/C15H25N5O2.ClH/c1-10(17-14(21)11-5-3-4-6-11)15-18-13(19-22-15)12-9-16-7-8-20(12)2;/h10-12,16H,3-9H2,1-2H3,(H,17,21);1H. The maximum Gasteiger partial charge on any atom is 0.248 e. The molecule has 130 valence electrons. The van der Waals surface area contributed by atoms with Gasteiger partial charge in [0.05, 0.1) is 6.04 Å². The summed E-state index contributed by atoms with van der Waals surface area (Å²) in [7, 11) is 2.06. The van der Waals surface area contributed by atoms with Crippen LogP contribution in [0.4, 0.5) is 0 Å². The minimum absolute atomic E-state index is 0. The van der Waals surface area contributed by atoms with Crippen molar-refractivity contribution in [1.82, 2.24) is 25.7 Å². The monoisotopic (exact) mass is 343 g/mol. The first-order valence-electron chi connectivity index (χ1n) is 8.20. The van der Waals surface area contributed by atoms with E-state index in [9.17, 15) is 4.79 Å². The Labute approximate surface area is 143 Å². The van der Waals surface area contributed by atoms with Crippen LogP contribution in [0.5, 0.6) is 0 Å². The van der Waals surface area contributed by atoms with Gasteiger partial charge in [-0.3, -0.25) is 9.69 Å². The molecule has 1 aliphatic heterocycles. The van der Waals surface area contributed by atoms with Gasteiger partial charge in [-0.2, -0.15) is 4.98 Å². The van der Waals surface area contributed by atoms with Gasteiger partial charge in [-0.1, -0.05) is 18.0 Å². The van der Waals surface area contributed by atoms with Gasteiger partial charge < -0.3 is 15.2 Å². The minimum atomic E-state index is -0.240. The SMILES string of the molecule is CC(NC(=O)C1CCCC1)c1nc(C2CNCCN2C)no1.Cl. The highest BCUT2D eigenvalue weighted by atomic mass is 35.5. The first-order chi connectivity index (χ1) is 10.6. The van der Waals surface area contributed by atoms with Crippen LogP contribution in [0, 0.1) is 5.92 Å². The van der Waals surface area contributed by atoms with E-state index in [-0.39, 0.29) is 36.3 Å². The van der Waals surface area contributed by atoms with Gasteiger partial charge in [0.2, 0.25) is 11.8 Å². The molecule has 0 radical (unpaired) electrons. The molecule has 0 bridgehead atoms. The lowest BCUT2D eigenvalue weighted by molar-refractivity contribution is -0.125. The predicted octanol–water partition coefficient (Wildman–Crippen LogP) is 1.43. The molecule has 1 aliphatic carbocycles. The number of halogens is 1. The number of amides is 1. The third-order valence-electron chi connectivity index (χ3n) is 4.72. The molecule has 1 aromatic rings. The Morgan fingerprint density at radius 2 is 2.17 bits per heavy atom. The van der Waals surface area contributed by atoms with Gasteiger partial charge in [-0.15, -0.1) is 12.4 Å². The van der Waals surface area contributed by atoms with E-state index in [0.29, 0.717) is 11.7 Å². The Morgan fingerprint density at radius 3 is 2.87 bits per heavy atom. The lowest BCUT2D eigenvalue weighted by atomic mass is 10.1. The van der Waals surface area contributed by atoms with E-state index in [1.807, 2.05) is 6.92 Å². The molecular formula is C15H26ClN5O2. The van der Waals surface area contributed by atoms with Crippen LogP contribution >= 0.6 is 12.4 Å². The summed E-state index contributed by atoms with van der Waals surface area (Å²) < 4.78 is 5.36. The van der Waals surface area contributed by atoms with Crippen molar-refractivity contribution in [3.63, 3.8) is 0 Å². The fourth-order valence-electron chi connectivity index (χ4n) is 3.23. The third kappa shape index (κ3) is 4.22. The Balaban J connectivity index is 0.00000192. The van der Waals surface area contributed by atoms with Gasteiger partial charge in [0.15, 0.2) is 5.82 Å². The second kappa shape index (κ2) is 8.08. The molecule has 1 saturated carbocycles. The van der Waals surface area contributed by atoms with Crippen molar-refractivity contribution < 1.29 is 9.32 Å². The number of carbonyl (C=O) groups excluding carboxylic acids is 1. The number of piperazine rings is 1. The zero-order chi connectivity index (χ0) is 15.5. The second-order valence-electron chi connectivity index (χ2n) is 6.40. The van der Waals surface area contributed by atoms with Crippen LogP contribution in [0.2, 0.25) is 0 Å². The van der Waals surface area contributed by atoms with E-state index < -0.39 is 0 Å². The predicted molar refractivity (Wildman–Crippen MR) is 88.3 cm³/mol. The highest BCUT2D eigenvalue weighted by molar-refractivity contribution is 5.85. The average Bonchev–Trinajstić information content (AvgIpc) is 3.19. The Bertz CT molecular complexity index is 518. The van der Waals surface area contributed by atoms with Crippen molar-refractivity contribution in [2.24, 2.45) is 5.92 Å². The van der Waals surface area contributed by atoms with E-state index in [0.717, 1.165) is 45.3 Å². The van der Waals surface area contributed by atoms with E-state index in [2.05, 4.69) is 32.7 Å². The summed E-state index contributed by atoms with van der Waals surface area (Å²) >= 11 is 0. The van der Waals surface area contributed by atoms with Crippen molar-refractivity contribution in [3.8, 4) is 0 Å². The molecular weight excluding hydrogens is 318 g/mol. The van der Waals surface area contributed by atoms with Crippen molar-refractivity contribution in [1.29, 1.82) is 0 Å². The Morgan fingerprint density at radius 1 is 1.43 bits per heavy atom. The van der Waals surface area contributed by atoms with Gasteiger partial charge in [0.25, 0.3) is 0 Å². The van der Waals surface area contributed by atoms with Crippen LogP contribution in [0.1, 0.15) is 56.4 Å². The van der Waals surface area contributed by atoms with Crippen molar-refractivity contribution in [3.05, 3.63) is 11.7 Å². The number of hydrogen-bond donors (Lipinski definition) is 2. The summed E-state index contributed by atoms with van der Waals surface area (Å²) in [5.41, 5.74) is 0. The molecule has 1 saturated heterocycles. The first-order valence-corrected chi connectivity index (χ1v) is 8.20. The number of rotatable bonds is 4. The summed E-state index contributed by atoms with van der Waals surface area (Å²) in [6, 6.07) is -0.111. The number of hydrogen-bond acceptors (Lipinski definition) is 6. The molecule has 2 heterocycles. The number of aromatic nitrogens is 2. The average molecular weight is 344 g/mol. The molecule has 3 rings (SSSR count). The molecule has 7 nitrogen and oxygen atoms in total. The van der Waals surface area contributed by atoms with Crippen molar-refractivity contribution in [2.75, 3.05) is 26.7 Å². The lowest BCUT2D eigenvalue weighted by Crippen LogP contribution is -2.44. The highest BCUT2D eigenvalue weighted by Gasteiger charge is 2.28. The third-order valence-corrected chi connectivity index (χ3v) is 4.72. The topological polar surface area (TPSA) is 83.3 Å². The van der Waals surface area contributed by atoms with Crippen molar-refractivity contribution >= 4 is 18.3 Å². The van der Waals surface area contributed by atoms with E-state index in [4.69, 9.17) is 4.52 Å². The van der Waals surface area contributed by atoms with E-state index >= 15 is 0 Å². The van der Waals surface area contributed by atoms with Crippen LogP contribution in [0.25, 0.3) is 0 Å². The summed E-state index contributed by atoms with van der Waals surface area (Å²) in [4.78, 5) is 18.9. The summed E-state index contributed by atoms with van der Waals surface area (Å²) in [6.07, 6.45) is 4.29. The summed E-state index contributed by atoms with van der Waals surface area (Å²) in [6.45, 7) is 4.65. The van der Waals surface area contributed by atoms with E-state index in [1.54, 1.807) is 0 Å². The maximum absolute atomic E-state index is 12.2. The molecule has 23 heavy (non-hydrogen) atoms. The Kier molecular flexibility index (Phi) is 6.38. The number of carbonyl (C=O) groups is 1. The van der Waals surface area contributed by atoms with Gasteiger partial charge in [-0.25, -0.2) is 0 Å². The molecule has 2 aliphatic rings. The summed E-state index contributed by atoms with van der Waals surface area (Å²) in [5, 5.41) is 10.4. The molecule has 1 amide bonds. The second-order valence-corrected chi connectivity index (χ2v) is 6.40. The lowest BCUT2D eigenvalue weighted by Gasteiger charge is -2.30. The number of nitrogens with zero attached hydrogens (tertiary/aromatic N) is 3. The highest BCUT2D eigenvalue weighted by Crippen LogP contribution is 2.26. The van der Waals surface area contributed by atoms with Crippen LogP contribution in [0.15, 0.2) is 4.52 Å². The molecule has 0 aromatic carbocycles. The molecule has 2 fully saturated rings. The van der Waals surface area contributed by atoms with Crippen LogP contribution in [-0.2, 0) is 4.79 Å². The Hall–Kier alpha value is -1.18. The minimum Gasteiger partial charge on any atom is -0.344 e. The normalized spacial score (nSPS) is 24.2. The largest absolute Gasteiger partial charge is 0.344 e. The molecule has 1 aromatic heterocycles. The summed E-state index contributed by atoms with van der Waals surface area (Å²) in [5.74, 6) is 1.44. The molecule has 2 N–H and O–H groups in total. The van der Waals surface area contributed by atoms with Crippen molar-refractivity contribution in [2.45, 2.75) is 44.7 Å². The van der Waals surface area contributed by atoms with Gasteiger partial charge >= 0.3 is 0 Å². The maximum atomic E-state index is 12.2. The molecule has 2 unspecified atom stereocenters. The van der Waals surface area contributed by atoms with E-state index in [1.165, 1.54) is 0 Å². The molecule has 8 heteroatoms. The van der Waals surface area contributed by atoms with Gasteiger partial charge in [-0.05, 0) is 26.8 Å². The smallest absolute Gasteiger partial charge is 0.248 e. The van der Waals surface area contributed by atoms with Gasteiger partial charge in [0.1, 0.15) is 6.04 Å². The molecule has 2 atom stereocenters.